The van der Waals surface area contributed by atoms with Gasteiger partial charge in [0.05, 0.1) is 13.2 Å². The molecule has 2 aromatic carbocycles. The van der Waals surface area contributed by atoms with Crippen LogP contribution in [-0.4, -0.2) is 50.2 Å². The average Bonchev–Trinajstić information content (AvgIpc) is 2.76. The molecule has 0 unspecified atom stereocenters. The SMILES string of the molecule is CCCCOc1ccc(C(=O)N2CCN(c3cccc(C)c3C)CC2)cc1OCC. The van der Waals surface area contributed by atoms with E-state index in [2.05, 4.69) is 43.9 Å². The summed E-state index contributed by atoms with van der Waals surface area (Å²) in [6, 6.07) is 12.0. The third kappa shape index (κ3) is 5.07. The molecule has 2 aromatic rings. The number of piperazine rings is 1. The molecule has 162 valence electrons. The van der Waals surface area contributed by atoms with Gasteiger partial charge in [-0.1, -0.05) is 25.5 Å². The van der Waals surface area contributed by atoms with Crippen LogP contribution in [0.15, 0.2) is 36.4 Å². The van der Waals surface area contributed by atoms with Crippen LogP contribution >= 0.6 is 0 Å². The van der Waals surface area contributed by atoms with Crippen molar-refractivity contribution in [2.24, 2.45) is 0 Å². The summed E-state index contributed by atoms with van der Waals surface area (Å²) in [5.41, 5.74) is 4.55. The van der Waals surface area contributed by atoms with E-state index < -0.39 is 0 Å². The van der Waals surface area contributed by atoms with Crippen molar-refractivity contribution >= 4 is 11.6 Å². The molecule has 1 saturated heterocycles. The zero-order chi connectivity index (χ0) is 21.5. The lowest BCUT2D eigenvalue weighted by atomic mass is 10.1. The van der Waals surface area contributed by atoms with E-state index in [4.69, 9.17) is 9.47 Å². The Morgan fingerprint density at radius 2 is 1.73 bits per heavy atom. The van der Waals surface area contributed by atoms with E-state index in [1.54, 1.807) is 0 Å². The van der Waals surface area contributed by atoms with Gasteiger partial charge in [-0.2, -0.15) is 0 Å². The van der Waals surface area contributed by atoms with Crippen LogP contribution in [0.2, 0.25) is 0 Å². The lowest BCUT2D eigenvalue weighted by molar-refractivity contribution is 0.0746. The fourth-order valence-corrected chi connectivity index (χ4v) is 3.77. The van der Waals surface area contributed by atoms with Gasteiger partial charge in [-0.25, -0.2) is 0 Å². The number of hydrogen-bond donors (Lipinski definition) is 0. The minimum atomic E-state index is 0.0525. The first kappa shape index (κ1) is 22.0. The highest BCUT2D eigenvalue weighted by atomic mass is 16.5. The molecule has 1 amide bonds. The fourth-order valence-electron chi connectivity index (χ4n) is 3.77. The summed E-state index contributed by atoms with van der Waals surface area (Å²) in [6.07, 6.45) is 2.07. The second-order valence-electron chi connectivity index (χ2n) is 7.79. The second kappa shape index (κ2) is 10.4. The van der Waals surface area contributed by atoms with Gasteiger partial charge < -0.3 is 19.3 Å². The molecule has 30 heavy (non-hydrogen) atoms. The number of rotatable bonds is 8. The number of anilines is 1. The smallest absolute Gasteiger partial charge is 0.254 e. The highest BCUT2D eigenvalue weighted by molar-refractivity contribution is 5.95. The summed E-state index contributed by atoms with van der Waals surface area (Å²) in [5.74, 6) is 1.41. The summed E-state index contributed by atoms with van der Waals surface area (Å²) >= 11 is 0. The highest BCUT2D eigenvalue weighted by Crippen LogP contribution is 2.30. The first-order valence-corrected chi connectivity index (χ1v) is 11.0. The number of carbonyl (C=O) groups is 1. The van der Waals surface area contributed by atoms with Gasteiger partial charge in [0.25, 0.3) is 5.91 Å². The third-order valence-electron chi connectivity index (χ3n) is 5.73. The Bertz CT molecular complexity index is 857. The van der Waals surface area contributed by atoms with Crippen molar-refractivity contribution < 1.29 is 14.3 Å². The van der Waals surface area contributed by atoms with Crippen molar-refractivity contribution in [3.05, 3.63) is 53.1 Å². The van der Waals surface area contributed by atoms with Crippen molar-refractivity contribution in [3.63, 3.8) is 0 Å². The van der Waals surface area contributed by atoms with Crippen LogP contribution < -0.4 is 14.4 Å². The monoisotopic (exact) mass is 410 g/mol. The predicted octanol–water partition coefficient (Wildman–Crippen LogP) is 4.84. The first-order chi connectivity index (χ1) is 14.5. The molecule has 0 N–H and O–H groups in total. The Hall–Kier alpha value is -2.69. The molecule has 1 aliphatic rings. The van der Waals surface area contributed by atoms with Crippen LogP contribution in [0.5, 0.6) is 11.5 Å². The number of unbranched alkanes of at least 4 members (excludes halogenated alkanes) is 1. The number of aryl methyl sites for hydroxylation is 1. The summed E-state index contributed by atoms with van der Waals surface area (Å²) in [7, 11) is 0. The summed E-state index contributed by atoms with van der Waals surface area (Å²) in [5, 5.41) is 0. The van der Waals surface area contributed by atoms with Crippen LogP contribution in [-0.2, 0) is 0 Å². The van der Waals surface area contributed by atoms with Crippen molar-refractivity contribution in [3.8, 4) is 11.5 Å². The van der Waals surface area contributed by atoms with Crippen molar-refractivity contribution in [1.82, 2.24) is 4.90 Å². The van der Waals surface area contributed by atoms with E-state index in [1.165, 1.54) is 16.8 Å². The maximum Gasteiger partial charge on any atom is 0.254 e. The minimum absolute atomic E-state index is 0.0525. The molecule has 1 aliphatic heterocycles. The number of nitrogens with zero attached hydrogens (tertiary/aromatic N) is 2. The Balaban J connectivity index is 1.67. The Kier molecular flexibility index (Phi) is 7.61. The second-order valence-corrected chi connectivity index (χ2v) is 7.79. The Morgan fingerprint density at radius 1 is 0.967 bits per heavy atom. The number of ether oxygens (including phenoxy) is 2. The highest BCUT2D eigenvalue weighted by Gasteiger charge is 2.24. The average molecular weight is 411 g/mol. The van der Waals surface area contributed by atoms with Gasteiger partial charge in [-0.3, -0.25) is 4.79 Å². The van der Waals surface area contributed by atoms with Crippen LogP contribution in [0.4, 0.5) is 5.69 Å². The van der Waals surface area contributed by atoms with Gasteiger partial charge in [0.2, 0.25) is 0 Å². The third-order valence-corrected chi connectivity index (χ3v) is 5.73. The molecule has 0 aromatic heterocycles. The zero-order valence-corrected chi connectivity index (χ0v) is 18.7. The molecular formula is C25H34N2O3. The minimum Gasteiger partial charge on any atom is -0.490 e. The maximum absolute atomic E-state index is 13.1. The molecule has 0 saturated carbocycles. The number of carbonyl (C=O) groups excluding carboxylic acids is 1. The van der Waals surface area contributed by atoms with Gasteiger partial charge in [0.1, 0.15) is 0 Å². The van der Waals surface area contributed by atoms with Gasteiger partial charge in [-0.15, -0.1) is 0 Å². The van der Waals surface area contributed by atoms with Gasteiger partial charge in [0, 0.05) is 37.4 Å². The topological polar surface area (TPSA) is 42.0 Å². The molecule has 1 fully saturated rings. The van der Waals surface area contributed by atoms with Crippen molar-refractivity contribution in [2.75, 3.05) is 44.3 Å². The van der Waals surface area contributed by atoms with Crippen LogP contribution in [0, 0.1) is 13.8 Å². The van der Waals surface area contributed by atoms with Gasteiger partial charge in [-0.05, 0) is 62.6 Å². The lowest BCUT2D eigenvalue weighted by Crippen LogP contribution is -2.49. The van der Waals surface area contributed by atoms with E-state index in [0.717, 1.165) is 25.9 Å². The standard InChI is InChI=1S/C25H34N2O3/c1-5-7-17-30-23-12-11-21(18-24(23)29-6-2)25(28)27-15-13-26(14-16-27)22-10-8-9-19(3)20(22)4/h8-12,18H,5-7,13-17H2,1-4H3. The molecule has 3 rings (SSSR count). The number of amides is 1. The van der Waals surface area contributed by atoms with Crippen molar-refractivity contribution in [2.45, 2.75) is 40.5 Å². The van der Waals surface area contributed by atoms with Crippen LogP contribution in [0.1, 0.15) is 48.2 Å². The van der Waals surface area contributed by atoms with E-state index in [-0.39, 0.29) is 5.91 Å². The number of hydrogen-bond acceptors (Lipinski definition) is 4. The largest absolute Gasteiger partial charge is 0.490 e. The molecule has 0 bridgehead atoms. The van der Waals surface area contributed by atoms with Crippen LogP contribution in [0.3, 0.4) is 0 Å². The molecule has 0 aliphatic carbocycles. The van der Waals surface area contributed by atoms with E-state index in [0.29, 0.717) is 43.4 Å². The fraction of sp³-hybridized carbons (Fsp3) is 0.480. The Labute approximate surface area is 180 Å². The van der Waals surface area contributed by atoms with E-state index >= 15 is 0 Å². The molecule has 5 heteroatoms. The van der Waals surface area contributed by atoms with Crippen LogP contribution in [0.25, 0.3) is 0 Å². The molecule has 0 radical (unpaired) electrons. The van der Waals surface area contributed by atoms with E-state index in [9.17, 15) is 4.79 Å². The van der Waals surface area contributed by atoms with Gasteiger partial charge in [0.15, 0.2) is 11.5 Å². The van der Waals surface area contributed by atoms with Gasteiger partial charge >= 0.3 is 0 Å². The molecule has 1 heterocycles. The summed E-state index contributed by atoms with van der Waals surface area (Å²) < 4.78 is 11.6. The Morgan fingerprint density at radius 3 is 2.43 bits per heavy atom. The molecule has 5 nitrogen and oxygen atoms in total. The summed E-state index contributed by atoms with van der Waals surface area (Å²) in [4.78, 5) is 17.4. The lowest BCUT2D eigenvalue weighted by Gasteiger charge is -2.37. The summed E-state index contributed by atoms with van der Waals surface area (Å²) in [6.45, 7) is 12.7. The van der Waals surface area contributed by atoms with E-state index in [1.807, 2.05) is 30.0 Å². The quantitative estimate of drug-likeness (QED) is 0.584. The molecule has 0 spiro atoms. The maximum atomic E-state index is 13.1. The molecular weight excluding hydrogens is 376 g/mol. The zero-order valence-electron chi connectivity index (χ0n) is 18.7. The molecule has 0 atom stereocenters. The first-order valence-electron chi connectivity index (χ1n) is 11.0. The van der Waals surface area contributed by atoms with Crippen molar-refractivity contribution in [1.29, 1.82) is 0 Å². The number of benzene rings is 2. The normalized spacial score (nSPS) is 14.0. The predicted molar refractivity (Wildman–Crippen MR) is 122 cm³/mol.